The molecular weight excluding hydrogens is 1220 g/mol. The maximum Gasteiger partial charge on any atom is 0.294 e. The number of rotatable bonds is 30. The summed E-state index contributed by atoms with van der Waals surface area (Å²) in [5.74, 6) is -0.965. The fraction of sp³-hybridized carbons (Fsp3) is 0.436. The lowest BCUT2D eigenvalue weighted by atomic mass is 9.78. The number of allylic oxidation sites excluding steroid dienone is 7. The smallest absolute Gasteiger partial charge is 0.294 e. The van der Waals surface area contributed by atoms with Crippen LogP contribution in [0, 0.1) is 0 Å². The van der Waals surface area contributed by atoms with Gasteiger partial charge in [-0.2, -0.15) is 33.7 Å². The number of carbonyl (C=O) groups is 2. The van der Waals surface area contributed by atoms with Crippen LogP contribution in [-0.4, -0.2) is 119 Å². The van der Waals surface area contributed by atoms with Gasteiger partial charge < -0.3 is 20.3 Å². The van der Waals surface area contributed by atoms with Gasteiger partial charge in [-0.15, -0.1) is 10.2 Å². The van der Waals surface area contributed by atoms with Crippen LogP contribution in [0.2, 0.25) is 0 Å². The number of nitrogens with zero attached hydrogens (tertiary/aromatic N) is 4. The molecular formula is C55H71N7O17S6. The number of benzene rings is 3. The van der Waals surface area contributed by atoms with Crippen LogP contribution in [0.4, 0.5) is 10.8 Å². The maximum atomic E-state index is 13.6. The molecule has 30 heteroatoms. The predicted molar refractivity (Wildman–Crippen MR) is 323 cm³/mol. The molecule has 0 unspecified atom stereocenters. The van der Waals surface area contributed by atoms with Crippen molar-refractivity contribution in [2.24, 2.45) is 10.1 Å². The quantitative estimate of drug-likeness (QED) is 0.0112. The number of carbonyl (C=O) groups excluding carboxylic acids is 2. The van der Waals surface area contributed by atoms with Crippen molar-refractivity contribution in [2.75, 3.05) is 41.4 Å². The fourth-order valence-corrected chi connectivity index (χ4v) is 13.1. The Bertz CT molecular complexity index is 3850. The summed E-state index contributed by atoms with van der Waals surface area (Å²) in [6.45, 7) is 8.40. The standard InChI is InChI=1S/C55H71N7O17S6/c1-54(2,41-19-15-18-40(36-41)51(64)58-32-9-7-5-6-8-20-49(63)59-52-60-61-53(80-52)83(56,71)72)47(57-31-10-12-34-81(65,66)67)29-21-38-16-14-17-39(50(38)79-42-23-25-43(26-24-42)84(73,74)75)22-30-48-55(3,4)45-37-44(85(76,77)78)27-28-46(45)62(48)33-11-13-35-82(68,69)70/h15,18-19,21-30,36-37H,5-14,16-17,20,31-35H2,1-4H3,(H,58,64)(H2,56,71,72)(H,59,60,63)(H,65,66,67)(H,68,69,70)(H,73,74,75)(H,76,77,78)/b29-21+,39-22+,48-30+,57-47?. The van der Waals surface area contributed by atoms with E-state index in [-0.39, 0.29) is 64.8 Å². The minimum Gasteiger partial charge on any atom is -0.457 e. The second kappa shape index (κ2) is 28.6. The summed E-state index contributed by atoms with van der Waals surface area (Å²) in [5.41, 5.74) is 3.10. The van der Waals surface area contributed by atoms with E-state index >= 15 is 0 Å². The molecule has 1 aliphatic heterocycles. The van der Waals surface area contributed by atoms with E-state index in [1.165, 1.54) is 36.4 Å². The average Bonchev–Trinajstić information content (AvgIpc) is 1.71. The van der Waals surface area contributed by atoms with Crippen LogP contribution in [0.1, 0.15) is 133 Å². The zero-order chi connectivity index (χ0) is 62.6. The summed E-state index contributed by atoms with van der Waals surface area (Å²) in [4.78, 5) is 32.1. The van der Waals surface area contributed by atoms with Crippen LogP contribution in [0.15, 0.2) is 133 Å². The summed E-state index contributed by atoms with van der Waals surface area (Å²) in [6.07, 6.45) is 13.5. The van der Waals surface area contributed by atoms with Crippen LogP contribution in [0.25, 0.3) is 0 Å². The molecule has 0 saturated heterocycles. The van der Waals surface area contributed by atoms with Crippen LogP contribution < -0.4 is 25.4 Å². The van der Waals surface area contributed by atoms with Gasteiger partial charge in [-0.05, 0) is 147 Å². The Morgan fingerprint density at radius 3 is 2.07 bits per heavy atom. The van der Waals surface area contributed by atoms with Crippen molar-refractivity contribution in [1.29, 1.82) is 0 Å². The molecule has 6 rings (SSSR count). The first-order valence-electron chi connectivity index (χ1n) is 27.1. The molecule has 1 aromatic heterocycles. The first kappa shape index (κ1) is 68.1. The summed E-state index contributed by atoms with van der Waals surface area (Å²) >= 11 is 0.659. The zero-order valence-electron chi connectivity index (χ0n) is 47.3. The molecule has 0 radical (unpaired) electrons. The second-order valence-electron chi connectivity index (χ2n) is 21.5. The Kier molecular flexibility index (Phi) is 22.9. The minimum atomic E-state index is -4.60. The Morgan fingerprint density at radius 2 is 1.42 bits per heavy atom. The second-order valence-corrected chi connectivity index (χ2v) is 30.2. The van der Waals surface area contributed by atoms with Gasteiger partial charge in [0.1, 0.15) is 11.5 Å². The van der Waals surface area contributed by atoms with Crippen molar-refractivity contribution in [3.8, 4) is 5.75 Å². The van der Waals surface area contributed by atoms with Crippen LogP contribution in [0.3, 0.4) is 0 Å². The summed E-state index contributed by atoms with van der Waals surface area (Å²) in [7, 11) is -21.7. The number of nitrogens with one attached hydrogen (secondary N) is 2. The van der Waals surface area contributed by atoms with Crippen molar-refractivity contribution in [3.63, 3.8) is 0 Å². The molecule has 0 saturated carbocycles. The minimum absolute atomic E-state index is 0.0316. The topological polar surface area (TPSA) is 386 Å². The number of amides is 2. The lowest BCUT2D eigenvalue weighted by molar-refractivity contribution is -0.116. The molecule has 3 aromatic carbocycles. The summed E-state index contributed by atoms with van der Waals surface area (Å²) in [5, 5.41) is 17.7. The monoisotopic (exact) mass is 1290 g/mol. The molecule has 2 heterocycles. The van der Waals surface area contributed by atoms with Crippen molar-refractivity contribution >= 4 is 90.2 Å². The molecule has 8 N–H and O–H groups in total. The number of hydrogen-bond acceptors (Lipinski definition) is 18. The van der Waals surface area contributed by atoms with E-state index in [1.54, 1.807) is 24.3 Å². The Hall–Kier alpha value is -6.06. The number of anilines is 2. The molecule has 1 aliphatic carbocycles. The van der Waals surface area contributed by atoms with Gasteiger partial charge in [0.15, 0.2) is 0 Å². The van der Waals surface area contributed by atoms with E-state index in [4.69, 9.17) is 14.9 Å². The van der Waals surface area contributed by atoms with Crippen LogP contribution in [-0.2, 0) is 66.1 Å². The molecule has 85 heavy (non-hydrogen) atoms. The Balaban J connectivity index is 1.27. The number of ether oxygens (including phenoxy) is 1. The van der Waals surface area contributed by atoms with E-state index in [0.29, 0.717) is 114 Å². The highest BCUT2D eigenvalue weighted by atomic mass is 32.3. The van der Waals surface area contributed by atoms with Crippen molar-refractivity contribution in [2.45, 2.75) is 136 Å². The van der Waals surface area contributed by atoms with E-state index in [2.05, 4.69) is 20.8 Å². The highest BCUT2D eigenvalue weighted by Crippen LogP contribution is 2.49. The molecule has 2 amide bonds. The van der Waals surface area contributed by atoms with Gasteiger partial charge in [-0.25, -0.2) is 13.6 Å². The van der Waals surface area contributed by atoms with E-state index in [9.17, 15) is 69.9 Å². The molecule has 0 fully saturated rings. The Morgan fingerprint density at radius 1 is 0.776 bits per heavy atom. The number of unbranched alkanes of at least 4 members (excludes halogenated alkanes) is 6. The third-order valence-electron chi connectivity index (χ3n) is 14.2. The van der Waals surface area contributed by atoms with Crippen molar-refractivity contribution in [1.82, 2.24) is 15.5 Å². The molecule has 464 valence electrons. The average molecular weight is 1290 g/mol. The predicted octanol–water partition coefficient (Wildman–Crippen LogP) is 8.12. The van der Waals surface area contributed by atoms with Gasteiger partial charge in [0.2, 0.25) is 15.4 Å². The SMILES string of the molecule is CC(C)(C(/C=C/C1=C(Oc2ccc(S(=O)(=O)O)cc2)C(=C/C=C2/N(CCCCS(=O)(=O)O)c3ccc(S(=O)(=O)O)cc3C2(C)C)/CCC1)=NCCCCS(=O)(=O)O)c1cccc(C(=O)NCCCCCCCC(=O)Nc2nnc(S(N)(=O)=O)s2)c1. The Labute approximate surface area is 500 Å². The first-order valence-corrected chi connectivity index (χ1v) is 35.6. The van der Waals surface area contributed by atoms with Crippen LogP contribution >= 0.6 is 11.3 Å². The largest absolute Gasteiger partial charge is 0.457 e. The number of aliphatic imine (C=N–C) groups is 1. The summed E-state index contributed by atoms with van der Waals surface area (Å²) < 4.78 is 163. The molecule has 0 atom stereocenters. The van der Waals surface area contributed by atoms with E-state index in [0.717, 1.165) is 19.3 Å². The molecule has 0 spiro atoms. The highest BCUT2D eigenvalue weighted by Gasteiger charge is 2.41. The number of hydrogen-bond donors (Lipinski definition) is 7. The van der Waals surface area contributed by atoms with Crippen molar-refractivity contribution < 1.29 is 74.6 Å². The fourth-order valence-electron chi connectivity index (χ4n) is 9.67. The number of nitrogens with two attached hydrogens (primary N) is 1. The van der Waals surface area contributed by atoms with Gasteiger partial charge in [0, 0.05) is 59.5 Å². The third kappa shape index (κ3) is 20.0. The molecule has 2 aliphatic rings. The maximum absolute atomic E-state index is 13.6. The van der Waals surface area contributed by atoms with Gasteiger partial charge in [0.05, 0.1) is 21.3 Å². The first-order chi connectivity index (χ1) is 39.6. The molecule has 4 aromatic rings. The molecule has 24 nitrogen and oxygen atoms in total. The summed E-state index contributed by atoms with van der Waals surface area (Å²) in [6, 6.07) is 16.5. The number of aromatic nitrogens is 2. The number of primary sulfonamides is 1. The zero-order valence-corrected chi connectivity index (χ0v) is 52.2. The van der Waals surface area contributed by atoms with Gasteiger partial charge >= 0.3 is 0 Å². The highest BCUT2D eigenvalue weighted by molar-refractivity contribution is 7.91. The van der Waals surface area contributed by atoms with E-state index in [1.807, 2.05) is 63.0 Å². The molecule has 0 bridgehead atoms. The normalized spacial score (nSPS) is 16.3. The van der Waals surface area contributed by atoms with Gasteiger partial charge in [0.25, 0.3) is 56.4 Å². The van der Waals surface area contributed by atoms with Gasteiger partial charge in [-0.1, -0.05) is 82.6 Å². The third-order valence-corrected chi connectivity index (χ3v) is 19.7. The van der Waals surface area contributed by atoms with Crippen LogP contribution in [0.5, 0.6) is 5.75 Å². The van der Waals surface area contributed by atoms with Crippen molar-refractivity contribution in [3.05, 3.63) is 130 Å². The lowest BCUT2D eigenvalue weighted by Crippen LogP contribution is -2.29. The lowest BCUT2D eigenvalue weighted by Gasteiger charge is -2.28. The number of sulfonamides is 1. The number of fused-ring (bicyclic) bond motifs is 1. The van der Waals surface area contributed by atoms with Gasteiger partial charge in [-0.3, -0.25) is 32.8 Å². The van der Waals surface area contributed by atoms with E-state index < -0.39 is 77.2 Å².